The molecule has 2 aromatic rings. The number of carbonyl (C=O) groups excluding carboxylic acids is 1. The van der Waals surface area contributed by atoms with Gasteiger partial charge >= 0.3 is 12.0 Å². The van der Waals surface area contributed by atoms with E-state index in [4.69, 9.17) is 23.7 Å². The lowest BCUT2D eigenvalue weighted by Crippen LogP contribution is -2.20. The highest BCUT2D eigenvalue weighted by atomic mass is 16.5. The zero-order valence-corrected chi connectivity index (χ0v) is 16.5. The van der Waals surface area contributed by atoms with Crippen LogP contribution in [0.4, 0.5) is 16.2 Å². The standard InChI is InChI=1S/C18H24N4O6/c1-6-27-16-12(10-19-18(22-16)28-7-2)21-17(23)20-11-8-13(24-3)15(26-5)14(9-11)25-4/h8-10H,6-7H2,1-5H3,(H2,20,21,23). The number of nitrogens with one attached hydrogen (secondary N) is 2. The average Bonchev–Trinajstić information content (AvgIpc) is 2.69. The molecular formula is C18H24N4O6. The zero-order valence-electron chi connectivity index (χ0n) is 16.5. The normalized spacial score (nSPS) is 10.0. The topological polar surface area (TPSA) is 113 Å². The van der Waals surface area contributed by atoms with Crippen LogP contribution in [0.5, 0.6) is 29.1 Å². The first kappa shape index (κ1) is 20.9. The number of hydrogen-bond acceptors (Lipinski definition) is 8. The van der Waals surface area contributed by atoms with Crippen molar-refractivity contribution in [1.82, 2.24) is 9.97 Å². The molecule has 2 N–H and O–H groups in total. The maximum Gasteiger partial charge on any atom is 0.323 e. The quantitative estimate of drug-likeness (QED) is 0.670. The molecule has 1 heterocycles. The number of nitrogens with zero attached hydrogens (tertiary/aromatic N) is 2. The van der Waals surface area contributed by atoms with Crippen LogP contribution >= 0.6 is 0 Å². The summed E-state index contributed by atoms with van der Waals surface area (Å²) in [5, 5.41) is 5.34. The molecule has 152 valence electrons. The second-order valence-electron chi connectivity index (χ2n) is 5.23. The molecule has 10 heteroatoms. The molecule has 0 saturated carbocycles. The van der Waals surface area contributed by atoms with Crippen molar-refractivity contribution >= 4 is 17.4 Å². The summed E-state index contributed by atoms with van der Waals surface area (Å²) in [5.74, 6) is 1.46. The van der Waals surface area contributed by atoms with Gasteiger partial charge in [0.1, 0.15) is 5.69 Å². The van der Waals surface area contributed by atoms with E-state index in [1.165, 1.54) is 27.5 Å². The van der Waals surface area contributed by atoms with E-state index in [1.54, 1.807) is 12.1 Å². The molecular weight excluding hydrogens is 368 g/mol. The van der Waals surface area contributed by atoms with Crippen LogP contribution in [0.15, 0.2) is 18.3 Å². The van der Waals surface area contributed by atoms with Crippen molar-refractivity contribution < 1.29 is 28.5 Å². The van der Waals surface area contributed by atoms with Crippen LogP contribution in [-0.2, 0) is 0 Å². The minimum absolute atomic E-state index is 0.168. The number of ether oxygens (including phenoxy) is 5. The Morgan fingerprint density at radius 2 is 1.61 bits per heavy atom. The summed E-state index contributed by atoms with van der Waals surface area (Å²) in [5.41, 5.74) is 0.743. The molecule has 0 spiro atoms. The predicted molar refractivity (Wildman–Crippen MR) is 103 cm³/mol. The Morgan fingerprint density at radius 1 is 0.964 bits per heavy atom. The molecule has 0 fully saturated rings. The molecule has 10 nitrogen and oxygen atoms in total. The van der Waals surface area contributed by atoms with Crippen LogP contribution in [0.25, 0.3) is 0 Å². The van der Waals surface area contributed by atoms with Crippen molar-refractivity contribution in [2.75, 3.05) is 45.2 Å². The van der Waals surface area contributed by atoms with Crippen LogP contribution < -0.4 is 34.3 Å². The number of aromatic nitrogens is 2. The molecule has 0 radical (unpaired) electrons. The first-order chi connectivity index (χ1) is 13.6. The van der Waals surface area contributed by atoms with E-state index in [2.05, 4.69) is 20.6 Å². The molecule has 2 rings (SSSR count). The molecule has 0 atom stereocenters. The van der Waals surface area contributed by atoms with E-state index in [9.17, 15) is 4.79 Å². The molecule has 1 aromatic heterocycles. The van der Waals surface area contributed by atoms with Crippen LogP contribution in [0.1, 0.15) is 13.8 Å². The Morgan fingerprint density at radius 3 is 2.14 bits per heavy atom. The first-order valence-electron chi connectivity index (χ1n) is 8.56. The van der Waals surface area contributed by atoms with Crippen molar-refractivity contribution in [2.45, 2.75) is 13.8 Å². The number of benzene rings is 1. The molecule has 0 aliphatic carbocycles. The number of anilines is 2. The summed E-state index contributed by atoms with van der Waals surface area (Å²) in [6.45, 7) is 4.41. The van der Waals surface area contributed by atoms with Gasteiger partial charge in [-0.3, -0.25) is 0 Å². The third kappa shape index (κ3) is 5.06. The summed E-state index contributed by atoms with van der Waals surface area (Å²) in [7, 11) is 4.49. The van der Waals surface area contributed by atoms with Crippen LogP contribution in [0.2, 0.25) is 0 Å². The van der Waals surface area contributed by atoms with Gasteiger partial charge in [-0.2, -0.15) is 4.98 Å². The number of urea groups is 1. The lowest BCUT2D eigenvalue weighted by Gasteiger charge is -2.15. The van der Waals surface area contributed by atoms with Gasteiger partial charge in [0.2, 0.25) is 11.6 Å². The summed E-state index contributed by atoms with van der Waals surface area (Å²) >= 11 is 0. The van der Waals surface area contributed by atoms with Gasteiger partial charge in [-0.05, 0) is 13.8 Å². The van der Waals surface area contributed by atoms with Gasteiger partial charge in [-0.25, -0.2) is 9.78 Å². The minimum atomic E-state index is -0.525. The van der Waals surface area contributed by atoms with Gasteiger partial charge in [0.15, 0.2) is 11.5 Å². The summed E-state index contributed by atoms with van der Waals surface area (Å²) < 4.78 is 26.5. The van der Waals surface area contributed by atoms with Crippen LogP contribution in [0, 0.1) is 0 Å². The Labute approximate surface area is 163 Å². The van der Waals surface area contributed by atoms with Crippen molar-refractivity contribution in [2.24, 2.45) is 0 Å². The van der Waals surface area contributed by atoms with E-state index in [-0.39, 0.29) is 11.9 Å². The molecule has 2 amide bonds. The lowest BCUT2D eigenvalue weighted by atomic mass is 10.2. The van der Waals surface area contributed by atoms with Crippen LogP contribution in [0.3, 0.4) is 0 Å². The molecule has 0 bridgehead atoms. The first-order valence-corrected chi connectivity index (χ1v) is 8.56. The van der Waals surface area contributed by atoms with Gasteiger partial charge in [-0.1, -0.05) is 0 Å². The third-order valence-corrected chi connectivity index (χ3v) is 3.46. The second-order valence-corrected chi connectivity index (χ2v) is 5.23. The fourth-order valence-corrected chi connectivity index (χ4v) is 2.32. The number of hydrogen-bond donors (Lipinski definition) is 2. The molecule has 0 saturated heterocycles. The highest BCUT2D eigenvalue weighted by Gasteiger charge is 2.16. The maximum atomic E-state index is 12.4. The largest absolute Gasteiger partial charge is 0.493 e. The Kier molecular flexibility index (Phi) is 7.49. The van der Waals surface area contributed by atoms with E-state index >= 15 is 0 Å². The Hall–Kier alpha value is -3.43. The van der Waals surface area contributed by atoms with E-state index in [0.29, 0.717) is 41.8 Å². The molecule has 0 aliphatic heterocycles. The van der Waals surface area contributed by atoms with Gasteiger partial charge in [0.05, 0.1) is 46.4 Å². The SMILES string of the molecule is CCOc1ncc(NC(=O)Nc2cc(OC)c(OC)c(OC)c2)c(OCC)n1. The number of carbonyl (C=O) groups is 1. The summed E-state index contributed by atoms with van der Waals surface area (Å²) in [4.78, 5) is 20.6. The second kappa shape index (κ2) is 10.0. The van der Waals surface area contributed by atoms with E-state index in [1.807, 2.05) is 13.8 Å². The van der Waals surface area contributed by atoms with Gasteiger partial charge in [0, 0.05) is 12.1 Å². The third-order valence-electron chi connectivity index (χ3n) is 3.46. The number of amides is 2. The van der Waals surface area contributed by atoms with Crippen molar-refractivity contribution in [3.8, 4) is 29.1 Å². The highest BCUT2D eigenvalue weighted by molar-refractivity contribution is 6.00. The van der Waals surface area contributed by atoms with Gasteiger partial charge in [0.25, 0.3) is 0 Å². The smallest absolute Gasteiger partial charge is 0.323 e. The molecule has 0 aliphatic rings. The zero-order chi connectivity index (χ0) is 20.5. The minimum Gasteiger partial charge on any atom is -0.493 e. The fourth-order valence-electron chi connectivity index (χ4n) is 2.32. The van der Waals surface area contributed by atoms with E-state index < -0.39 is 6.03 Å². The molecule has 1 aromatic carbocycles. The van der Waals surface area contributed by atoms with Crippen LogP contribution in [-0.4, -0.2) is 50.5 Å². The maximum absolute atomic E-state index is 12.4. The number of methoxy groups -OCH3 is 3. The Balaban J connectivity index is 2.20. The number of rotatable bonds is 9. The van der Waals surface area contributed by atoms with Gasteiger partial charge < -0.3 is 34.3 Å². The highest BCUT2D eigenvalue weighted by Crippen LogP contribution is 2.40. The fraction of sp³-hybridized carbons (Fsp3) is 0.389. The van der Waals surface area contributed by atoms with Crippen molar-refractivity contribution in [1.29, 1.82) is 0 Å². The monoisotopic (exact) mass is 392 g/mol. The van der Waals surface area contributed by atoms with Crippen molar-refractivity contribution in [3.05, 3.63) is 18.3 Å². The summed E-state index contributed by atoms with van der Waals surface area (Å²) in [6.07, 6.45) is 1.41. The molecule has 0 unspecified atom stereocenters. The summed E-state index contributed by atoms with van der Waals surface area (Å²) in [6, 6.07) is 2.86. The lowest BCUT2D eigenvalue weighted by molar-refractivity contribution is 0.261. The Bertz CT molecular complexity index is 790. The van der Waals surface area contributed by atoms with Crippen molar-refractivity contribution in [3.63, 3.8) is 0 Å². The average molecular weight is 392 g/mol. The van der Waals surface area contributed by atoms with Gasteiger partial charge in [-0.15, -0.1) is 0 Å². The van der Waals surface area contributed by atoms with E-state index in [0.717, 1.165) is 0 Å². The predicted octanol–water partition coefficient (Wildman–Crippen LogP) is 2.94. The molecule has 28 heavy (non-hydrogen) atoms.